The highest BCUT2D eigenvalue weighted by atomic mass is 16.5. The molecule has 2 fully saturated rings. The molecule has 3 aromatic rings. The van der Waals surface area contributed by atoms with Crippen LogP contribution in [0.2, 0.25) is 0 Å². The normalized spacial score (nSPS) is 23.7. The minimum atomic E-state index is -0.126. The van der Waals surface area contributed by atoms with Crippen molar-refractivity contribution in [2.24, 2.45) is 0 Å². The number of likely N-dealkylation sites (tertiary alicyclic amines) is 1. The number of aromatic nitrogens is 2. The summed E-state index contributed by atoms with van der Waals surface area (Å²) in [6.07, 6.45) is 4.35. The molecule has 1 atom stereocenters. The maximum absolute atomic E-state index is 12.2. The van der Waals surface area contributed by atoms with Crippen LogP contribution in [-0.4, -0.2) is 47.0 Å². The molecule has 0 bridgehead atoms. The van der Waals surface area contributed by atoms with Crippen LogP contribution < -0.4 is 4.90 Å². The van der Waals surface area contributed by atoms with Gasteiger partial charge in [0.25, 0.3) is 0 Å². The molecule has 2 aromatic carbocycles. The van der Waals surface area contributed by atoms with E-state index in [2.05, 4.69) is 52.3 Å². The molecule has 2 saturated heterocycles. The van der Waals surface area contributed by atoms with Crippen LogP contribution in [0.4, 0.5) is 5.95 Å². The zero-order chi connectivity index (χ0) is 20.8. The number of benzene rings is 2. The lowest BCUT2D eigenvalue weighted by Gasteiger charge is -2.35. The van der Waals surface area contributed by atoms with E-state index in [0.717, 1.165) is 43.7 Å². The molecule has 3 aliphatic rings. The second kappa shape index (κ2) is 7.39. The number of hydrogen-bond donors (Lipinski definition) is 0. The number of nitrogens with zero attached hydrogens (tertiary/aromatic N) is 4. The van der Waals surface area contributed by atoms with Gasteiger partial charge in [0.1, 0.15) is 0 Å². The second-order valence-corrected chi connectivity index (χ2v) is 9.06. The first-order valence-electron chi connectivity index (χ1n) is 11.2. The predicted octanol–water partition coefficient (Wildman–Crippen LogP) is 3.43. The Kier molecular flexibility index (Phi) is 4.51. The van der Waals surface area contributed by atoms with E-state index in [9.17, 15) is 4.79 Å². The van der Waals surface area contributed by atoms with Crippen LogP contribution in [-0.2, 0) is 28.1 Å². The van der Waals surface area contributed by atoms with Crippen LogP contribution in [0.1, 0.15) is 36.1 Å². The Bertz CT molecular complexity index is 1160. The van der Waals surface area contributed by atoms with E-state index in [-0.39, 0.29) is 11.3 Å². The Morgan fingerprint density at radius 1 is 1.10 bits per heavy atom. The smallest absolute Gasteiger partial charge is 0.232 e. The van der Waals surface area contributed by atoms with Crippen molar-refractivity contribution in [2.75, 3.05) is 31.1 Å². The summed E-state index contributed by atoms with van der Waals surface area (Å²) in [5.41, 5.74) is 3.38. The van der Waals surface area contributed by atoms with Crippen LogP contribution in [0, 0.1) is 0 Å². The van der Waals surface area contributed by atoms with Crippen LogP contribution in [0.25, 0.3) is 10.8 Å². The topological polar surface area (TPSA) is 58.6 Å². The van der Waals surface area contributed by atoms with Gasteiger partial charge in [0, 0.05) is 37.8 Å². The van der Waals surface area contributed by atoms with E-state index >= 15 is 0 Å². The lowest BCUT2D eigenvalue weighted by atomic mass is 9.80. The van der Waals surface area contributed by atoms with Gasteiger partial charge < -0.3 is 4.74 Å². The number of rotatable bonds is 3. The van der Waals surface area contributed by atoms with Crippen LogP contribution >= 0.6 is 0 Å². The molecule has 0 radical (unpaired) electrons. The molecule has 1 aromatic heterocycles. The Morgan fingerprint density at radius 2 is 2.00 bits per heavy atom. The largest absolute Gasteiger partial charge is 0.376 e. The minimum absolute atomic E-state index is 0.126. The van der Waals surface area contributed by atoms with Gasteiger partial charge in [-0.25, -0.2) is 9.97 Å². The van der Waals surface area contributed by atoms with E-state index in [0.29, 0.717) is 32.1 Å². The van der Waals surface area contributed by atoms with E-state index in [1.807, 2.05) is 6.20 Å². The predicted molar refractivity (Wildman–Crippen MR) is 119 cm³/mol. The molecule has 31 heavy (non-hydrogen) atoms. The minimum Gasteiger partial charge on any atom is -0.376 e. The molecular formula is C25H26N4O2. The van der Waals surface area contributed by atoms with Crippen molar-refractivity contribution >= 4 is 22.6 Å². The fraction of sp³-hybridized carbons (Fsp3) is 0.400. The average Bonchev–Trinajstić information content (AvgIpc) is 3.41. The van der Waals surface area contributed by atoms with E-state index in [4.69, 9.17) is 9.72 Å². The number of carbonyl (C=O) groups excluding carboxylic acids is 1. The third-order valence-electron chi connectivity index (χ3n) is 7.01. The van der Waals surface area contributed by atoms with Crippen LogP contribution in [0.15, 0.2) is 48.7 Å². The van der Waals surface area contributed by atoms with E-state index in [1.54, 1.807) is 4.90 Å². The summed E-state index contributed by atoms with van der Waals surface area (Å²) in [7, 11) is 0. The molecule has 3 aliphatic heterocycles. The molecule has 6 rings (SSSR count). The highest BCUT2D eigenvalue weighted by Crippen LogP contribution is 2.40. The fourth-order valence-corrected chi connectivity index (χ4v) is 5.45. The summed E-state index contributed by atoms with van der Waals surface area (Å²) in [4.78, 5) is 26.0. The molecule has 6 heteroatoms. The standard InChI is InChI=1S/C25H26N4O2/c30-22-9-4-11-29(22)24-26-13-20-15-31-17-25(23(20)27-24)10-12-28(16-25)14-19-7-3-6-18-5-1-2-8-21(18)19/h1-3,5-8,13H,4,9-12,14-17H2/t25-/m0/s1. The number of ether oxygens (including phenoxy) is 1. The summed E-state index contributed by atoms with van der Waals surface area (Å²) >= 11 is 0. The Hall–Kier alpha value is -2.83. The third-order valence-corrected chi connectivity index (χ3v) is 7.01. The molecule has 4 heterocycles. The van der Waals surface area contributed by atoms with Gasteiger partial charge in [-0.3, -0.25) is 14.6 Å². The van der Waals surface area contributed by atoms with Gasteiger partial charge in [-0.15, -0.1) is 0 Å². The highest BCUT2D eigenvalue weighted by molar-refractivity contribution is 5.93. The van der Waals surface area contributed by atoms with Gasteiger partial charge in [0.05, 0.1) is 24.3 Å². The maximum Gasteiger partial charge on any atom is 0.232 e. The molecule has 1 spiro atoms. The van der Waals surface area contributed by atoms with Crippen molar-refractivity contribution in [1.29, 1.82) is 0 Å². The van der Waals surface area contributed by atoms with Gasteiger partial charge in [0.15, 0.2) is 0 Å². The van der Waals surface area contributed by atoms with Crippen LogP contribution in [0.5, 0.6) is 0 Å². The van der Waals surface area contributed by atoms with E-state index in [1.165, 1.54) is 16.3 Å². The Labute approximate surface area is 181 Å². The monoisotopic (exact) mass is 414 g/mol. The lowest BCUT2D eigenvalue weighted by Crippen LogP contribution is -2.41. The van der Waals surface area contributed by atoms with Gasteiger partial charge in [-0.1, -0.05) is 42.5 Å². The molecule has 158 valence electrons. The van der Waals surface area contributed by atoms with Gasteiger partial charge in [0.2, 0.25) is 11.9 Å². The van der Waals surface area contributed by atoms with Gasteiger partial charge in [-0.2, -0.15) is 0 Å². The molecule has 6 nitrogen and oxygen atoms in total. The van der Waals surface area contributed by atoms with Crippen LogP contribution in [0.3, 0.4) is 0 Å². The average molecular weight is 415 g/mol. The van der Waals surface area contributed by atoms with Crippen molar-refractivity contribution in [3.63, 3.8) is 0 Å². The Morgan fingerprint density at radius 3 is 2.90 bits per heavy atom. The first-order valence-corrected chi connectivity index (χ1v) is 11.2. The van der Waals surface area contributed by atoms with Crippen molar-refractivity contribution in [3.05, 3.63) is 65.5 Å². The summed E-state index contributed by atoms with van der Waals surface area (Å²) < 4.78 is 6.00. The Balaban J connectivity index is 1.30. The number of anilines is 1. The zero-order valence-corrected chi connectivity index (χ0v) is 17.6. The van der Waals surface area contributed by atoms with Crippen molar-refractivity contribution in [1.82, 2.24) is 14.9 Å². The summed E-state index contributed by atoms with van der Waals surface area (Å²) in [6.45, 7) is 4.78. The number of hydrogen-bond acceptors (Lipinski definition) is 5. The number of carbonyl (C=O) groups is 1. The van der Waals surface area contributed by atoms with Crippen molar-refractivity contribution in [3.8, 4) is 0 Å². The second-order valence-electron chi connectivity index (χ2n) is 9.06. The molecule has 0 unspecified atom stereocenters. The first kappa shape index (κ1) is 18.9. The number of fused-ring (bicyclic) bond motifs is 3. The lowest BCUT2D eigenvalue weighted by molar-refractivity contribution is -0.117. The van der Waals surface area contributed by atoms with Crippen molar-refractivity contribution in [2.45, 2.75) is 37.8 Å². The highest BCUT2D eigenvalue weighted by Gasteiger charge is 2.45. The summed E-state index contributed by atoms with van der Waals surface area (Å²) in [5, 5.41) is 2.61. The SMILES string of the molecule is O=C1CCCN1c1ncc2c(n1)[C@]1(CCN(Cc3cccc4ccccc34)C1)COC2. The van der Waals surface area contributed by atoms with E-state index < -0.39 is 0 Å². The summed E-state index contributed by atoms with van der Waals surface area (Å²) in [5.74, 6) is 0.695. The molecule has 0 saturated carbocycles. The molecule has 0 aliphatic carbocycles. The first-order chi connectivity index (χ1) is 15.2. The molecule has 1 amide bonds. The molecular weight excluding hydrogens is 388 g/mol. The molecule has 0 N–H and O–H groups in total. The quantitative estimate of drug-likeness (QED) is 0.657. The zero-order valence-electron chi connectivity index (χ0n) is 17.6. The van der Waals surface area contributed by atoms with Crippen molar-refractivity contribution < 1.29 is 9.53 Å². The number of amides is 1. The van der Waals surface area contributed by atoms with Gasteiger partial charge >= 0.3 is 0 Å². The third kappa shape index (κ3) is 3.22. The maximum atomic E-state index is 12.2. The summed E-state index contributed by atoms with van der Waals surface area (Å²) in [6, 6.07) is 15.1. The fourth-order valence-electron chi connectivity index (χ4n) is 5.45. The van der Waals surface area contributed by atoms with Gasteiger partial charge in [-0.05, 0) is 35.7 Å².